The Balaban J connectivity index is 1.82. The van der Waals surface area contributed by atoms with E-state index >= 15 is 0 Å². The third-order valence-corrected chi connectivity index (χ3v) is 4.74. The van der Waals surface area contributed by atoms with Crippen molar-refractivity contribution in [3.05, 3.63) is 57.7 Å². The van der Waals surface area contributed by atoms with Gasteiger partial charge in [0.15, 0.2) is 0 Å². The highest BCUT2D eigenvalue weighted by Crippen LogP contribution is 2.33. The molecule has 4 nitrogen and oxygen atoms in total. The number of rotatable bonds is 3. The van der Waals surface area contributed by atoms with Crippen LogP contribution in [-0.4, -0.2) is 27.4 Å². The number of benzene rings is 1. The summed E-state index contributed by atoms with van der Waals surface area (Å²) in [6.45, 7) is 7.32. The topological polar surface area (TPSA) is 60.2 Å². The third-order valence-electron chi connectivity index (χ3n) is 3.88. The summed E-state index contributed by atoms with van der Waals surface area (Å²) in [5.41, 5.74) is 2.66. The molecule has 0 saturated carbocycles. The molecule has 23 heavy (non-hydrogen) atoms. The van der Waals surface area contributed by atoms with Crippen LogP contribution < -0.4 is 0 Å². The summed E-state index contributed by atoms with van der Waals surface area (Å²) in [4.78, 5) is 6.51. The number of hydrogen-bond acceptors (Lipinski definition) is 4. The lowest BCUT2D eigenvalue weighted by molar-refractivity contribution is 0.347. The van der Waals surface area contributed by atoms with Gasteiger partial charge in [-0.2, -0.15) is 0 Å². The molecule has 0 amide bonds. The molecule has 0 aliphatic carbocycles. The van der Waals surface area contributed by atoms with Crippen LogP contribution in [0.5, 0.6) is 0 Å². The van der Waals surface area contributed by atoms with Gasteiger partial charge in [0, 0.05) is 17.3 Å². The first-order chi connectivity index (χ1) is 10.9. The van der Waals surface area contributed by atoms with Gasteiger partial charge >= 0.3 is 0 Å². The molecule has 3 rings (SSSR count). The van der Waals surface area contributed by atoms with Crippen molar-refractivity contribution < 1.29 is 5.11 Å². The SMILES string of the molecule is CC(C)(C)c1csc(C2=C(O)CN(Cc3ccccc3)C2=N)n1. The standard InChI is InChI=1S/C18H21N3OS/c1-18(2,3)14-11-23-17(20-14)15-13(22)10-21(16(15)19)9-12-7-5-4-6-8-12/h4-8,11,19,22H,9-10H2,1-3H3. The molecule has 1 aliphatic heterocycles. The van der Waals surface area contributed by atoms with E-state index in [1.165, 1.54) is 11.3 Å². The summed E-state index contributed by atoms with van der Waals surface area (Å²) >= 11 is 1.49. The van der Waals surface area contributed by atoms with E-state index in [0.717, 1.165) is 16.3 Å². The number of aromatic nitrogens is 1. The van der Waals surface area contributed by atoms with E-state index in [-0.39, 0.29) is 11.2 Å². The zero-order valence-corrected chi connectivity index (χ0v) is 14.4. The minimum absolute atomic E-state index is 0.0323. The quantitative estimate of drug-likeness (QED) is 0.888. The monoisotopic (exact) mass is 327 g/mol. The normalized spacial score (nSPS) is 15.6. The Bertz CT molecular complexity index is 756. The molecular formula is C18H21N3OS. The molecule has 0 spiro atoms. The van der Waals surface area contributed by atoms with Gasteiger partial charge in [0.05, 0.1) is 17.8 Å². The van der Waals surface area contributed by atoms with Crippen molar-refractivity contribution >= 4 is 22.7 Å². The van der Waals surface area contributed by atoms with Crippen molar-refractivity contribution in [3.8, 4) is 0 Å². The summed E-state index contributed by atoms with van der Waals surface area (Å²) in [6.07, 6.45) is 0. The highest BCUT2D eigenvalue weighted by atomic mass is 32.1. The number of amidine groups is 1. The van der Waals surface area contributed by atoms with Crippen LogP contribution in [0.3, 0.4) is 0 Å². The molecule has 120 valence electrons. The minimum atomic E-state index is -0.0323. The van der Waals surface area contributed by atoms with Gasteiger partial charge in [-0.25, -0.2) is 4.98 Å². The average Bonchev–Trinajstić information content (AvgIpc) is 3.06. The molecule has 5 heteroatoms. The summed E-state index contributed by atoms with van der Waals surface area (Å²) < 4.78 is 0. The van der Waals surface area contributed by atoms with Gasteiger partial charge in [0.25, 0.3) is 0 Å². The van der Waals surface area contributed by atoms with Crippen molar-refractivity contribution in [2.75, 3.05) is 6.54 Å². The molecular weight excluding hydrogens is 306 g/mol. The smallest absolute Gasteiger partial charge is 0.135 e. The molecule has 1 aliphatic rings. The predicted molar refractivity (Wildman–Crippen MR) is 94.9 cm³/mol. The fourth-order valence-corrected chi connectivity index (χ4v) is 3.64. The Kier molecular flexibility index (Phi) is 3.98. The first-order valence-electron chi connectivity index (χ1n) is 7.62. The zero-order chi connectivity index (χ0) is 16.6. The second-order valence-electron chi connectivity index (χ2n) is 6.80. The molecule has 0 bridgehead atoms. The Labute approximate surface area is 140 Å². The molecule has 2 heterocycles. The Morgan fingerprint density at radius 1 is 1.26 bits per heavy atom. The van der Waals surface area contributed by atoms with Crippen molar-refractivity contribution in [1.29, 1.82) is 5.41 Å². The lowest BCUT2D eigenvalue weighted by Gasteiger charge is -2.18. The van der Waals surface area contributed by atoms with Gasteiger partial charge in [-0.15, -0.1) is 11.3 Å². The lowest BCUT2D eigenvalue weighted by Crippen LogP contribution is -2.26. The van der Waals surface area contributed by atoms with Crippen LogP contribution in [-0.2, 0) is 12.0 Å². The van der Waals surface area contributed by atoms with Gasteiger partial charge in [-0.05, 0) is 5.56 Å². The van der Waals surface area contributed by atoms with E-state index < -0.39 is 0 Å². The highest BCUT2D eigenvalue weighted by molar-refractivity contribution is 7.11. The van der Waals surface area contributed by atoms with Crippen LogP contribution in [0.4, 0.5) is 0 Å². The first kappa shape index (κ1) is 15.7. The highest BCUT2D eigenvalue weighted by Gasteiger charge is 2.31. The van der Waals surface area contributed by atoms with Crippen molar-refractivity contribution in [1.82, 2.24) is 9.88 Å². The molecule has 1 aromatic carbocycles. The molecule has 0 saturated heterocycles. The summed E-state index contributed by atoms with van der Waals surface area (Å²) in [5, 5.41) is 21.5. The number of hydrogen-bond donors (Lipinski definition) is 2. The minimum Gasteiger partial charge on any atom is -0.510 e. The second-order valence-corrected chi connectivity index (χ2v) is 7.66. The molecule has 2 N–H and O–H groups in total. The number of nitrogens with zero attached hydrogens (tertiary/aromatic N) is 2. The van der Waals surface area contributed by atoms with Crippen molar-refractivity contribution in [2.24, 2.45) is 0 Å². The maximum Gasteiger partial charge on any atom is 0.135 e. The van der Waals surface area contributed by atoms with Crippen LogP contribution in [0, 0.1) is 5.41 Å². The number of thiazole rings is 1. The molecule has 0 fully saturated rings. The maximum absolute atomic E-state index is 10.3. The van der Waals surface area contributed by atoms with Crippen molar-refractivity contribution in [2.45, 2.75) is 32.7 Å². The maximum atomic E-state index is 10.3. The van der Waals surface area contributed by atoms with E-state index in [1.54, 1.807) is 0 Å². The number of nitrogens with one attached hydrogen (secondary N) is 1. The largest absolute Gasteiger partial charge is 0.510 e. The van der Waals surface area contributed by atoms with Crippen LogP contribution in [0.2, 0.25) is 0 Å². The Morgan fingerprint density at radius 3 is 2.57 bits per heavy atom. The molecule has 1 aromatic heterocycles. The average molecular weight is 327 g/mol. The van der Waals surface area contributed by atoms with E-state index in [2.05, 4.69) is 25.8 Å². The van der Waals surface area contributed by atoms with Gasteiger partial charge in [0.1, 0.15) is 16.6 Å². The predicted octanol–water partition coefficient (Wildman–Crippen LogP) is 4.20. The van der Waals surface area contributed by atoms with E-state index in [1.807, 2.05) is 40.6 Å². The first-order valence-corrected chi connectivity index (χ1v) is 8.50. The zero-order valence-electron chi connectivity index (χ0n) is 13.6. The lowest BCUT2D eigenvalue weighted by atomic mass is 9.93. The van der Waals surface area contributed by atoms with Crippen LogP contribution in [0.1, 0.15) is 37.0 Å². The van der Waals surface area contributed by atoms with Gasteiger partial charge in [0.2, 0.25) is 0 Å². The fourth-order valence-electron chi connectivity index (χ4n) is 2.53. The summed E-state index contributed by atoms with van der Waals surface area (Å²) in [6, 6.07) is 10.0. The number of aliphatic hydroxyl groups excluding tert-OH is 1. The fraction of sp³-hybridized carbons (Fsp3) is 0.333. The Hall–Kier alpha value is -2.14. The van der Waals surface area contributed by atoms with E-state index in [4.69, 9.17) is 5.41 Å². The van der Waals surface area contributed by atoms with Gasteiger partial charge in [-0.1, -0.05) is 51.1 Å². The van der Waals surface area contributed by atoms with Gasteiger partial charge < -0.3 is 10.0 Å². The number of aliphatic hydroxyl groups is 1. The van der Waals surface area contributed by atoms with Crippen LogP contribution >= 0.6 is 11.3 Å². The Morgan fingerprint density at radius 2 is 1.96 bits per heavy atom. The molecule has 0 radical (unpaired) electrons. The molecule has 0 atom stereocenters. The van der Waals surface area contributed by atoms with Crippen LogP contribution in [0.25, 0.3) is 5.57 Å². The van der Waals surface area contributed by atoms with Crippen molar-refractivity contribution in [3.63, 3.8) is 0 Å². The molecule has 0 unspecified atom stereocenters. The van der Waals surface area contributed by atoms with Gasteiger partial charge in [-0.3, -0.25) is 5.41 Å². The third kappa shape index (κ3) is 3.15. The van der Waals surface area contributed by atoms with E-state index in [0.29, 0.717) is 24.5 Å². The van der Waals surface area contributed by atoms with Crippen LogP contribution in [0.15, 0.2) is 41.5 Å². The van der Waals surface area contributed by atoms with E-state index in [9.17, 15) is 5.11 Å². The molecule has 2 aromatic rings. The summed E-state index contributed by atoms with van der Waals surface area (Å²) in [5.74, 6) is 0.585. The second kappa shape index (κ2) is 5.81. The summed E-state index contributed by atoms with van der Waals surface area (Å²) in [7, 11) is 0.